The summed E-state index contributed by atoms with van der Waals surface area (Å²) in [4.78, 5) is 20.7. The van der Waals surface area contributed by atoms with Crippen molar-refractivity contribution in [2.24, 2.45) is 5.92 Å². The van der Waals surface area contributed by atoms with Crippen molar-refractivity contribution < 1.29 is 18.0 Å². The molecule has 0 saturated heterocycles. The lowest BCUT2D eigenvalue weighted by Crippen LogP contribution is -2.54. The summed E-state index contributed by atoms with van der Waals surface area (Å²) in [6, 6.07) is 0. The second-order valence-electron chi connectivity index (χ2n) is 7.07. The van der Waals surface area contributed by atoms with Crippen molar-refractivity contribution in [3.63, 3.8) is 0 Å². The Labute approximate surface area is 141 Å². The maximum absolute atomic E-state index is 13.1. The van der Waals surface area contributed by atoms with Gasteiger partial charge in [0.2, 0.25) is 0 Å². The summed E-state index contributed by atoms with van der Waals surface area (Å²) in [6.45, 7) is 1.87. The summed E-state index contributed by atoms with van der Waals surface area (Å²) in [6.07, 6.45) is 1.66. The molecular weight excluding hydrogens is 335 g/mol. The molecule has 2 atom stereocenters. The molecule has 1 N–H and O–H groups in total. The Hall–Kier alpha value is -2.45. The lowest BCUT2D eigenvalue weighted by Gasteiger charge is -2.28. The van der Waals surface area contributed by atoms with E-state index in [2.05, 4.69) is 20.4 Å². The van der Waals surface area contributed by atoms with Crippen molar-refractivity contribution in [2.45, 2.75) is 44.3 Å². The fraction of sp³-hybridized carbons (Fsp3) is 0.500. The van der Waals surface area contributed by atoms with Crippen LogP contribution >= 0.6 is 0 Å². The number of carbonyl (C=O) groups excluding carboxylic acids is 1. The van der Waals surface area contributed by atoms with Gasteiger partial charge in [0.05, 0.1) is 11.9 Å². The second kappa shape index (κ2) is 5.03. The number of carbonyl (C=O) groups is 1. The van der Waals surface area contributed by atoms with Crippen LogP contribution < -0.4 is 5.32 Å². The Bertz CT molecular complexity index is 843. The molecule has 2 aliphatic rings. The Morgan fingerprint density at radius 1 is 1.32 bits per heavy atom. The zero-order valence-corrected chi connectivity index (χ0v) is 13.6. The Morgan fingerprint density at radius 3 is 2.72 bits per heavy atom. The van der Waals surface area contributed by atoms with Gasteiger partial charge in [-0.15, -0.1) is 0 Å². The average Bonchev–Trinajstić information content (AvgIpc) is 3.02. The number of alkyl halides is 3. The first kappa shape index (κ1) is 16.0. The van der Waals surface area contributed by atoms with Crippen LogP contribution in [0.15, 0.2) is 18.6 Å². The molecule has 2 aromatic heterocycles. The summed E-state index contributed by atoms with van der Waals surface area (Å²) in [5.41, 5.74) is -0.692. The molecule has 0 aliphatic heterocycles. The molecule has 1 amide bonds. The van der Waals surface area contributed by atoms with E-state index in [-0.39, 0.29) is 5.69 Å². The van der Waals surface area contributed by atoms with Crippen molar-refractivity contribution in [3.05, 3.63) is 35.5 Å². The smallest absolute Gasteiger partial charge is 0.337 e. The van der Waals surface area contributed by atoms with Crippen LogP contribution in [0.2, 0.25) is 0 Å². The zero-order valence-electron chi connectivity index (χ0n) is 13.6. The van der Waals surface area contributed by atoms with E-state index < -0.39 is 17.6 Å². The number of amides is 1. The number of aromatic nitrogens is 4. The molecule has 1 fully saturated rings. The number of halogens is 3. The highest BCUT2D eigenvalue weighted by atomic mass is 19.4. The topological polar surface area (TPSA) is 72.7 Å². The van der Waals surface area contributed by atoms with Crippen LogP contribution in [0.4, 0.5) is 13.2 Å². The molecule has 9 heteroatoms. The Balaban J connectivity index is 1.72. The Morgan fingerprint density at radius 2 is 2.08 bits per heavy atom. The summed E-state index contributed by atoms with van der Waals surface area (Å²) < 4.78 is 40.7. The molecule has 0 spiro atoms. The van der Waals surface area contributed by atoms with Gasteiger partial charge in [-0.05, 0) is 32.6 Å². The molecule has 4 rings (SSSR count). The van der Waals surface area contributed by atoms with Crippen molar-refractivity contribution in [1.29, 1.82) is 0 Å². The van der Waals surface area contributed by atoms with Gasteiger partial charge in [-0.25, -0.2) is 9.67 Å². The van der Waals surface area contributed by atoms with Gasteiger partial charge in [0.1, 0.15) is 5.54 Å². The van der Waals surface area contributed by atoms with Crippen LogP contribution in [0.25, 0.3) is 5.82 Å². The zero-order chi connectivity index (χ0) is 18.0. The largest absolute Gasteiger partial charge is 0.410 e. The van der Waals surface area contributed by atoms with Gasteiger partial charge in [0, 0.05) is 23.9 Å². The molecule has 0 aromatic carbocycles. The standard InChI is InChI=1S/C16H16F3N5O/c1-15(2,16(17,18)19)22-14(25)12-10-6-8-5-9(8)13(10)24(23-12)11-7-20-3-4-21-11/h3-4,7-9H,5-6H2,1-2H3,(H,22,25)/t8-,9-/m0/s1. The third-order valence-electron chi connectivity index (χ3n) is 4.88. The van der Waals surface area contributed by atoms with E-state index in [1.54, 1.807) is 4.68 Å². The van der Waals surface area contributed by atoms with Gasteiger partial charge in [-0.3, -0.25) is 9.78 Å². The SMILES string of the molecule is CC(C)(NC(=O)c1nn(-c2cnccn2)c2c1C[C@@H]1C[C@H]21)C(F)(F)F. The average molecular weight is 351 g/mol. The molecule has 1 saturated carbocycles. The molecule has 2 heterocycles. The van der Waals surface area contributed by atoms with Gasteiger partial charge >= 0.3 is 6.18 Å². The summed E-state index contributed by atoms with van der Waals surface area (Å²) >= 11 is 0. The minimum atomic E-state index is -4.55. The first-order valence-corrected chi connectivity index (χ1v) is 7.96. The van der Waals surface area contributed by atoms with Crippen LogP contribution in [0.1, 0.15) is 47.9 Å². The third kappa shape index (κ3) is 2.49. The number of fused-ring (bicyclic) bond motifs is 3. The third-order valence-corrected chi connectivity index (χ3v) is 4.88. The fourth-order valence-corrected chi connectivity index (χ4v) is 3.29. The van der Waals surface area contributed by atoms with Gasteiger partial charge in [-0.1, -0.05) is 0 Å². The summed E-state index contributed by atoms with van der Waals surface area (Å²) in [5, 5.41) is 6.34. The fourth-order valence-electron chi connectivity index (χ4n) is 3.29. The van der Waals surface area contributed by atoms with E-state index in [0.717, 1.165) is 31.5 Å². The highest BCUT2D eigenvalue weighted by molar-refractivity contribution is 5.95. The minimum Gasteiger partial charge on any atom is -0.337 e. The molecule has 0 radical (unpaired) electrons. The molecule has 0 unspecified atom stereocenters. The summed E-state index contributed by atoms with van der Waals surface area (Å²) in [7, 11) is 0. The van der Waals surface area contributed by atoms with E-state index in [4.69, 9.17) is 0 Å². The van der Waals surface area contributed by atoms with Crippen molar-refractivity contribution in [3.8, 4) is 5.82 Å². The normalized spacial score (nSPS) is 21.6. The quantitative estimate of drug-likeness (QED) is 0.922. The molecule has 25 heavy (non-hydrogen) atoms. The van der Waals surface area contributed by atoms with Crippen LogP contribution in [0, 0.1) is 5.92 Å². The van der Waals surface area contributed by atoms with Gasteiger partial charge in [0.15, 0.2) is 11.5 Å². The maximum Gasteiger partial charge on any atom is 0.410 e. The molecule has 0 bridgehead atoms. The van der Waals surface area contributed by atoms with E-state index >= 15 is 0 Å². The molecule has 132 valence electrons. The van der Waals surface area contributed by atoms with Gasteiger partial charge in [-0.2, -0.15) is 18.3 Å². The number of hydrogen-bond acceptors (Lipinski definition) is 4. The molecule has 2 aromatic rings. The van der Waals surface area contributed by atoms with Crippen molar-refractivity contribution >= 4 is 5.91 Å². The lowest BCUT2D eigenvalue weighted by molar-refractivity contribution is -0.182. The predicted octanol–water partition coefficient (Wildman–Crippen LogP) is 2.39. The van der Waals surface area contributed by atoms with E-state index in [1.165, 1.54) is 18.6 Å². The van der Waals surface area contributed by atoms with E-state index in [1.807, 2.05) is 0 Å². The number of nitrogens with one attached hydrogen (secondary N) is 1. The highest BCUT2D eigenvalue weighted by Crippen LogP contribution is 2.57. The first-order chi connectivity index (χ1) is 11.7. The Kier molecular flexibility index (Phi) is 3.23. The van der Waals surface area contributed by atoms with Gasteiger partial charge < -0.3 is 5.32 Å². The number of nitrogens with zero attached hydrogens (tertiary/aromatic N) is 4. The molecule has 6 nitrogen and oxygen atoms in total. The number of hydrogen-bond donors (Lipinski definition) is 1. The first-order valence-electron chi connectivity index (χ1n) is 7.96. The van der Waals surface area contributed by atoms with Gasteiger partial charge in [0.25, 0.3) is 5.91 Å². The van der Waals surface area contributed by atoms with Crippen LogP contribution in [0.5, 0.6) is 0 Å². The predicted molar refractivity (Wildman–Crippen MR) is 81.3 cm³/mol. The van der Waals surface area contributed by atoms with Crippen LogP contribution in [-0.2, 0) is 6.42 Å². The number of rotatable bonds is 3. The molecular formula is C16H16F3N5O. The van der Waals surface area contributed by atoms with Crippen LogP contribution in [0.3, 0.4) is 0 Å². The van der Waals surface area contributed by atoms with Crippen molar-refractivity contribution in [1.82, 2.24) is 25.1 Å². The maximum atomic E-state index is 13.1. The summed E-state index contributed by atoms with van der Waals surface area (Å²) in [5.74, 6) is 0.378. The second-order valence-corrected chi connectivity index (χ2v) is 7.07. The molecule has 2 aliphatic carbocycles. The lowest BCUT2D eigenvalue weighted by atomic mass is 10.0. The highest BCUT2D eigenvalue weighted by Gasteiger charge is 2.52. The minimum absolute atomic E-state index is 0.0465. The van der Waals surface area contributed by atoms with E-state index in [9.17, 15) is 18.0 Å². The monoisotopic (exact) mass is 351 g/mol. The van der Waals surface area contributed by atoms with E-state index in [0.29, 0.717) is 24.1 Å². The van der Waals surface area contributed by atoms with Crippen molar-refractivity contribution in [2.75, 3.05) is 0 Å². The van der Waals surface area contributed by atoms with Crippen LogP contribution in [-0.4, -0.2) is 37.4 Å².